The maximum Gasteiger partial charge on any atom is 0.245 e. The second kappa shape index (κ2) is 6.97. The zero-order valence-corrected chi connectivity index (χ0v) is 16.2. The first-order valence-electron chi connectivity index (χ1n) is 9.48. The molecular formula is C23H18N2O3S. The van der Waals surface area contributed by atoms with Gasteiger partial charge < -0.3 is 4.90 Å². The predicted octanol–water partition coefficient (Wildman–Crippen LogP) is 4.64. The maximum absolute atomic E-state index is 13.6. The molecule has 144 valence electrons. The van der Waals surface area contributed by atoms with Crippen molar-refractivity contribution in [3.05, 3.63) is 104 Å². The summed E-state index contributed by atoms with van der Waals surface area (Å²) in [5.74, 6) is -0.602. The number of Topliss-reactive ketones (excluding diaryl/α,β-unsaturated/α-hetero) is 1. The highest BCUT2D eigenvalue weighted by Gasteiger charge is 2.58. The van der Waals surface area contributed by atoms with Crippen molar-refractivity contribution in [3.8, 4) is 0 Å². The van der Waals surface area contributed by atoms with Crippen molar-refractivity contribution >= 4 is 28.9 Å². The van der Waals surface area contributed by atoms with Gasteiger partial charge >= 0.3 is 0 Å². The van der Waals surface area contributed by atoms with Gasteiger partial charge in [-0.15, -0.1) is 11.3 Å². The van der Waals surface area contributed by atoms with Gasteiger partial charge in [-0.3, -0.25) is 14.9 Å². The lowest BCUT2D eigenvalue weighted by Crippen LogP contribution is -2.44. The SMILES string of the molecule is O=C(c1cccs1)[C@@H]1[C@H](c2ccccc2)[C@@H]([N+](=O)[O-])[C@H]2C=Cc3ccccc3N21. The van der Waals surface area contributed by atoms with Crippen molar-refractivity contribution in [2.24, 2.45) is 0 Å². The molecule has 2 aromatic carbocycles. The van der Waals surface area contributed by atoms with Crippen LogP contribution in [0.2, 0.25) is 0 Å². The van der Waals surface area contributed by atoms with E-state index in [4.69, 9.17) is 0 Å². The predicted molar refractivity (Wildman–Crippen MR) is 114 cm³/mol. The number of carbonyl (C=O) groups excluding carboxylic acids is 1. The average molecular weight is 402 g/mol. The van der Waals surface area contributed by atoms with Gasteiger partial charge in [0.1, 0.15) is 12.1 Å². The smallest absolute Gasteiger partial charge is 0.245 e. The normalized spacial score (nSPS) is 24.8. The minimum Gasteiger partial charge on any atom is -0.346 e. The highest BCUT2D eigenvalue weighted by molar-refractivity contribution is 7.12. The van der Waals surface area contributed by atoms with Crippen molar-refractivity contribution in [2.45, 2.75) is 24.0 Å². The summed E-state index contributed by atoms with van der Waals surface area (Å²) in [5, 5.41) is 14.1. The molecule has 0 spiro atoms. The van der Waals surface area contributed by atoms with Crippen LogP contribution in [0, 0.1) is 10.1 Å². The van der Waals surface area contributed by atoms with Crippen LogP contribution in [0.1, 0.15) is 26.7 Å². The van der Waals surface area contributed by atoms with Gasteiger partial charge in [-0.25, -0.2) is 0 Å². The van der Waals surface area contributed by atoms with Gasteiger partial charge in [0.2, 0.25) is 6.04 Å². The highest BCUT2D eigenvalue weighted by Crippen LogP contribution is 2.47. The lowest BCUT2D eigenvalue weighted by atomic mass is 9.85. The molecule has 0 amide bonds. The Morgan fingerprint density at radius 3 is 2.48 bits per heavy atom. The van der Waals surface area contributed by atoms with Gasteiger partial charge in [0.05, 0.1) is 10.8 Å². The fraction of sp³-hybridized carbons (Fsp3) is 0.174. The second-order valence-electron chi connectivity index (χ2n) is 7.31. The number of anilines is 1. The Morgan fingerprint density at radius 2 is 1.76 bits per heavy atom. The monoisotopic (exact) mass is 402 g/mol. The Kier molecular flexibility index (Phi) is 4.28. The lowest BCUT2D eigenvalue weighted by molar-refractivity contribution is -0.524. The Balaban J connectivity index is 1.73. The Morgan fingerprint density at radius 1 is 1.00 bits per heavy atom. The van der Waals surface area contributed by atoms with Gasteiger partial charge in [-0.2, -0.15) is 0 Å². The van der Waals surface area contributed by atoms with Gasteiger partial charge in [-0.05, 0) is 28.6 Å². The summed E-state index contributed by atoms with van der Waals surface area (Å²) in [4.78, 5) is 28.3. The lowest BCUT2D eigenvalue weighted by Gasteiger charge is -2.34. The standard InChI is InChI=1S/C23H18N2O3S/c26-23(19-11-6-14-29-19)22-20(16-8-2-1-3-9-16)21(25(27)28)18-13-12-15-7-4-5-10-17(15)24(18)22/h1-14,18,20-22H/t18-,20-,21+,22+/m1/s1. The van der Waals surface area contributed by atoms with E-state index in [-0.39, 0.29) is 10.7 Å². The molecule has 0 radical (unpaired) electrons. The average Bonchev–Trinajstić information content (AvgIpc) is 3.40. The molecule has 2 aliphatic rings. The van der Waals surface area contributed by atoms with Crippen LogP contribution in [0.4, 0.5) is 5.69 Å². The molecule has 0 aliphatic carbocycles. The van der Waals surface area contributed by atoms with Crippen LogP contribution in [-0.2, 0) is 0 Å². The van der Waals surface area contributed by atoms with Crippen LogP contribution in [0.25, 0.3) is 6.08 Å². The molecule has 0 unspecified atom stereocenters. The Bertz CT molecular complexity index is 1090. The van der Waals surface area contributed by atoms with E-state index in [9.17, 15) is 14.9 Å². The number of nitrogens with zero attached hydrogens (tertiary/aromatic N) is 2. The minimum absolute atomic E-state index is 0.0618. The van der Waals surface area contributed by atoms with E-state index in [1.54, 1.807) is 6.07 Å². The Hall–Kier alpha value is -3.25. The quantitative estimate of drug-likeness (QED) is 0.362. The van der Waals surface area contributed by atoms with Crippen LogP contribution in [0.3, 0.4) is 0 Å². The second-order valence-corrected chi connectivity index (χ2v) is 8.26. The van der Waals surface area contributed by atoms with Gasteiger partial charge in [0.25, 0.3) is 0 Å². The fourth-order valence-electron chi connectivity index (χ4n) is 4.67. The molecule has 3 heterocycles. The zero-order valence-electron chi connectivity index (χ0n) is 15.4. The summed E-state index contributed by atoms with van der Waals surface area (Å²) in [6, 6.07) is 18.8. The molecule has 1 aromatic heterocycles. The summed E-state index contributed by atoms with van der Waals surface area (Å²) in [6.07, 6.45) is 3.82. The van der Waals surface area contributed by atoms with Crippen LogP contribution >= 0.6 is 11.3 Å². The van der Waals surface area contributed by atoms with Crippen molar-refractivity contribution in [2.75, 3.05) is 4.90 Å². The molecular weight excluding hydrogens is 384 g/mol. The highest BCUT2D eigenvalue weighted by atomic mass is 32.1. The Labute approximate surface area is 172 Å². The number of fused-ring (bicyclic) bond motifs is 3. The molecule has 0 saturated carbocycles. The molecule has 6 heteroatoms. The van der Waals surface area contributed by atoms with Crippen molar-refractivity contribution in [1.82, 2.24) is 0 Å². The van der Waals surface area contributed by atoms with Gasteiger partial charge in [-0.1, -0.05) is 66.7 Å². The molecule has 29 heavy (non-hydrogen) atoms. The molecule has 3 aromatic rings. The molecule has 1 fully saturated rings. The van der Waals surface area contributed by atoms with Crippen LogP contribution in [0.15, 0.2) is 78.2 Å². The summed E-state index contributed by atoms with van der Waals surface area (Å²) in [5.41, 5.74) is 2.67. The molecule has 0 N–H and O–H groups in total. The first kappa shape index (κ1) is 17.8. The third kappa shape index (κ3) is 2.79. The minimum atomic E-state index is -0.907. The number of thiophene rings is 1. The summed E-state index contributed by atoms with van der Waals surface area (Å²) < 4.78 is 0. The van der Waals surface area contributed by atoms with Crippen molar-refractivity contribution < 1.29 is 9.72 Å². The molecule has 0 bridgehead atoms. The van der Waals surface area contributed by atoms with Crippen LogP contribution in [0.5, 0.6) is 0 Å². The fourth-order valence-corrected chi connectivity index (χ4v) is 5.37. The number of benzene rings is 2. The first-order chi connectivity index (χ1) is 14.2. The third-order valence-electron chi connectivity index (χ3n) is 5.83. The topological polar surface area (TPSA) is 63.4 Å². The summed E-state index contributed by atoms with van der Waals surface area (Å²) in [7, 11) is 0. The van der Waals surface area contributed by atoms with E-state index in [1.165, 1.54) is 11.3 Å². The van der Waals surface area contributed by atoms with E-state index in [0.717, 1.165) is 16.8 Å². The van der Waals surface area contributed by atoms with Gasteiger partial charge in [0, 0.05) is 10.6 Å². The van der Waals surface area contributed by atoms with Crippen LogP contribution < -0.4 is 4.90 Å². The summed E-state index contributed by atoms with van der Waals surface area (Å²) in [6.45, 7) is 0. The van der Waals surface area contributed by atoms with E-state index < -0.39 is 24.0 Å². The van der Waals surface area contributed by atoms with E-state index in [1.807, 2.05) is 83.1 Å². The number of ketones is 1. The van der Waals surface area contributed by atoms with E-state index in [0.29, 0.717) is 4.88 Å². The maximum atomic E-state index is 13.6. The third-order valence-corrected chi connectivity index (χ3v) is 6.71. The zero-order chi connectivity index (χ0) is 20.0. The van der Waals surface area contributed by atoms with Crippen molar-refractivity contribution in [1.29, 1.82) is 0 Å². The summed E-state index contributed by atoms with van der Waals surface area (Å²) >= 11 is 1.38. The molecule has 5 rings (SSSR count). The van der Waals surface area contributed by atoms with Crippen molar-refractivity contribution in [3.63, 3.8) is 0 Å². The molecule has 4 atom stereocenters. The number of carbonyl (C=O) groups is 1. The number of para-hydroxylation sites is 1. The molecule has 1 saturated heterocycles. The number of hydrogen-bond donors (Lipinski definition) is 0. The molecule has 2 aliphatic heterocycles. The van der Waals surface area contributed by atoms with E-state index in [2.05, 4.69) is 0 Å². The first-order valence-corrected chi connectivity index (χ1v) is 10.4. The van der Waals surface area contributed by atoms with Crippen LogP contribution in [-0.4, -0.2) is 28.8 Å². The van der Waals surface area contributed by atoms with Gasteiger partial charge in [0.15, 0.2) is 5.78 Å². The molecule has 5 nitrogen and oxygen atoms in total. The number of hydrogen-bond acceptors (Lipinski definition) is 5. The number of rotatable bonds is 4. The largest absolute Gasteiger partial charge is 0.346 e. The number of nitro groups is 1. The van der Waals surface area contributed by atoms with E-state index >= 15 is 0 Å².